The molecule has 2 rings (SSSR count). The molecule has 1 fully saturated rings. The molecule has 1 aromatic carbocycles. The van der Waals surface area contributed by atoms with E-state index in [9.17, 15) is 4.79 Å². The van der Waals surface area contributed by atoms with Crippen molar-refractivity contribution >= 4 is 5.91 Å². The summed E-state index contributed by atoms with van der Waals surface area (Å²) in [4.78, 5) is 11.0. The maximum absolute atomic E-state index is 11.0. The predicted molar refractivity (Wildman–Crippen MR) is 75.2 cm³/mol. The molecule has 19 heavy (non-hydrogen) atoms. The van der Waals surface area contributed by atoms with Crippen LogP contribution in [0.25, 0.3) is 0 Å². The maximum Gasteiger partial charge on any atom is 0.217 e. The van der Waals surface area contributed by atoms with Crippen molar-refractivity contribution in [1.29, 1.82) is 0 Å². The van der Waals surface area contributed by atoms with Crippen LogP contribution in [-0.2, 0) is 4.79 Å². The van der Waals surface area contributed by atoms with E-state index < -0.39 is 0 Å². The van der Waals surface area contributed by atoms with Gasteiger partial charge in [-0.25, -0.2) is 0 Å². The summed E-state index contributed by atoms with van der Waals surface area (Å²) in [6.07, 6.45) is 1.02. The predicted octanol–water partition coefficient (Wildman–Crippen LogP) is 2.01. The SMILES string of the molecule is CC(=O)N[C@@H](C)c1ccc(O[C@@]2(C)CCNC2)cc1. The minimum absolute atomic E-state index is 0.0163. The summed E-state index contributed by atoms with van der Waals surface area (Å²) in [6.45, 7) is 7.52. The number of nitrogens with one attached hydrogen (secondary N) is 2. The molecule has 1 amide bonds. The Balaban J connectivity index is 2.00. The third-order valence-electron chi connectivity index (χ3n) is 3.49. The molecular formula is C15H22N2O2. The van der Waals surface area contributed by atoms with Gasteiger partial charge in [0.1, 0.15) is 11.4 Å². The van der Waals surface area contributed by atoms with Crippen molar-refractivity contribution in [1.82, 2.24) is 10.6 Å². The third-order valence-corrected chi connectivity index (χ3v) is 3.49. The molecule has 0 radical (unpaired) electrons. The second-order valence-corrected chi connectivity index (χ2v) is 5.47. The van der Waals surface area contributed by atoms with Gasteiger partial charge in [-0.2, -0.15) is 0 Å². The number of rotatable bonds is 4. The largest absolute Gasteiger partial charge is 0.486 e. The molecule has 1 saturated heterocycles. The van der Waals surface area contributed by atoms with Gasteiger partial charge in [-0.3, -0.25) is 4.79 Å². The van der Waals surface area contributed by atoms with Gasteiger partial charge in [0, 0.05) is 19.9 Å². The Morgan fingerprint density at radius 1 is 1.42 bits per heavy atom. The lowest BCUT2D eigenvalue weighted by Crippen LogP contribution is -2.34. The highest BCUT2D eigenvalue weighted by atomic mass is 16.5. The topological polar surface area (TPSA) is 50.4 Å². The van der Waals surface area contributed by atoms with Crippen LogP contribution in [0.4, 0.5) is 0 Å². The molecule has 4 nitrogen and oxygen atoms in total. The van der Waals surface area contributed by atoms with Crippen molar-refractivity contribution in [3.8, 4) is 5.75 Å². The fourth-order valence-corrected chi connectivity index (χ4v) is 2.38. The second kappa shape index (κ2) is 5.61. The molecule has 0 unspecified atom stereocenters. The molecule has 1 aliphatic heterocycles. The third kappa shape index (κ3) is 3.70. The second-order valence-electron chi connectivity index (χ2n) is 5.47. The first-order chi connectivity index (χ1) is 8.98. The summed E-state index contributed by atoms with van der Waals surface area (Å²) in [7, 11) is 0. The van der Waals surface area contributed by atoms with Crippen LogP contribution in [0.15, 0.2) is 24.3 Å². The van der Waals surface area contributed by atoms with E-state index in [4.69, 9.17) is 4.74 Å². The van der Waals surface area contributed by atoms with E-state index in [-0.39, 0.29) is 17.6 Å². The normalized spacial score (nSPS) is 23.9. The number of hydrogen-bond acceptors (Lipinski definition) is 3. The summed E-state index contributed by atoms with van der Waals surface area (Å²) in [5.41, 5.74) is 0.974. The minimum Gasteiger partial charge on any atom is -0.486 e. The van der Waals surface area contributed by atoms with E-state index in [1.807, 2.05) is 31.2 Å². The lowest BCUT2D eigenvalue weighted by molar-refractivity contribution is -0.119. The number of hydrogen-bond donors (Lipinski definition) is 2. The molecule has 0 aliphatic carbocycles. The van der Waals surface area contributed by atoms with Crippen LogP contribution in [0.3, 0.4) is 0 Å². The molecule has 4 heteroatoms. The maximum atomic E-state index is 11.0. The number of carbonyl (C=O) groups excluding carboxylic acids is 1. The summed E-state index contributed by atoms with van der Waals surface area (Å²) in [6, 6.07) is 7.97. The molecular weight excluding hydrogens is 240 g/mol. The molecule has 1 aromatic rings. The Morgan fingerprint density at radius 3 is 2.63 bits per heavy atom. The van der Waals surface area contributed by atoms with E-state index in [2.05, 4.69) is 17.6 Å². The van der Waals surface area contributed by atoms with Crippen molar-refractivity contribution < 1.29 is 9.53 Å². The van der Waals surface area contributed by atoms with Crippen LogP contribution >= 0.6 is 0 Å². The lowest BCUT2D eigenvalue weighted by Gasteiger charge is -2.25. The quantitative estimate of drug-likeness (QED) is 0.872. The van der Waals surface area contributed by atoms with E-state index in [1.165, 1.54) is 6.92 Å². The van der Waals surface area contributed by atoms with Crippen LogP contribution in [0.2, 0.25) is 0 Å². The van der Waals surface area contributed by atoms with Crippen LogP contribution in [0.5, 0.6) is 5.75 Å². The van der Waals surface area contributed by atoms with Crippen LogP contribution in [0, 0.1) is 0 Å². The highest BCUT2D eigenvalue weighted by molar-refractivity contribution is 5.73. The van der Waals surface area contributed by atoms with Crippen LogP contribution in [0.1, 0.15) is 38.8 Å². The molecule has 1 heterocycles. The first-order valence-corrected chi connectivity index (χ1v) is 6.75. The first kappa shape index (κ1) is 13.9. The Hall–Kier alpha value is -1.55. The number of benzene rings is 1. The van der Waals surface area contributed by atoms with Gasteiger partial charge in [-0.15, -0.1) is 0 Å². The summed E-state index contributed by atoms with van der Waals surface area (Å²) in [5, 5.41) is 6.18. The molecule has 1 aliphatic rings. The Morgan fingerprint density at radius 2 is 2.11 bits per heavy atom. The average Bonchev–Trinajstić information content (AvgIpc) is 2.75. The van der Waals surface area contributed by atoms with E-state index in [0.29, 0.717) is 0 Å². The van der Waals surface area contributed by atoms with Crippen molar-refractivity contribution in [3.63, 3.8) is 0 Å². The van der Waals surface area contributed by atoms with E-state index in [1.54, 1.807) is 0 Å². The standard InChI is InChI=1S/C15H22N2O2/c1-11(17-12(2)18)13-4-6-14(7-5-13)19-15(3)8-9-16-10-15/h4-7,11,16H,8-10H2,1-3H3,(H,17,18)/t11-,15-/m0/s1. The summed E-state index contributed by atoms with van der Waals surface area (Å²) in [5.74, 6) is 0.863. The van der Waals surface area contributed by atoms with Crippen LogP contribution in [-0.4, -0.2) is 24.6 Å². The fourth-order valence-electron chi connectivity index (χ4n) is 2.38. The Bertz CT molecular complexity index is 436. The molecule has 2 atom stereocenters. The fraction of sp³-hybridized carbons (Fsp3) is 0.533. The minimum atomic E-state index is -0.106. The van der Waals surface area contributed by atoms with Crippen molar-refractivity contribution in [2.24, 2.45) is 0 Å². The van der Waals surface area contributed by atoms with Crippen molar-refractivity contribution in [2.45, 2.75) is 38.8 Å². The monoisotopic (exact) mass is 262 g/mol. The number of carbonyl (C=O) groups is 1. The van der Waals surface area contributed by atoms with Gasteiger partial charge >= 0.3 is 0 Å². The van der Waals surface area contributed by atoms with E-state index in [0.717, 1.165) is 30.8 Å². The van der Waals surface area contributed by atoms with E-state index >= 15 is 0 Å². The molecule has 0 spiro atoms. The zero-order valence-electron chi connectivity index (χ0n) is 11.8. The first-order valence-electron chi connectivity index (χ1n) is 6.75. The van der Waals surface area contributed by atoms with Crippen molar-refractivity contribution in [2.75, 3.05) is 13.1 Å². The molecule has 104 valence electrons. The molecule has 2 N–H and O–H groups in total. The number of ether oxygens (including phenoxy) is 1. The van der Waals surface area contributed by atoms with Gasteiger partial charge in [0.25, 0.3) is 0 Å². The summed E-state index contributed by atoms with van der Waals surface area (Å²) >= 11 is 0. The molecule has 0 bridgehead atoms. The van der Waals surface area contributed by atoms with Gasteiger partial charge < -0.3 is 15.4 Å². The van der Waals surface area contributed by atoms with Gasteiger partial charge in [-0.05, 0) is 38.1 Å². The zero-order valence-corrected chi connectivity index (χ0v) is 11.8. The molecule has 0 saturated carbocycles. The highest BCUT2D eigenvalue weighted by Gasteiger charge is 2.30. The summed E-state index contributed by atoms with van der Waals surface area (Å²) < 4.78 is 6.03. The Labute approximate surface area is 114 Å². The highest BCUT2D eigenvalue weighted by Crippen LogP contribution is 2.25. The average molecular weight is 262 g/mol. The van der Waals surface area contributed by atoms with Gasteiger partial charge in [0.15, 0.2) is 0 Å². The Kier molecular flexibility index (Phi) is 4.10. The van der Waals surface area contributed by atoms with Gasteiger partial charge in [0.2, 0.25) is 5.91 Å². The lowest BCUT2D eigenvalue weighted by atomic mass is 10.1. The zero-order chi connectivity index (χ0) is 13.9. The van der Waals surface area contributed by atoms with Crippen molar-refractivity contribution in [3.05, 3.63) is 29.8 Å². The smallest absolute Gasteiger partial charge is 0.217 e. The van der Waals surface area contributed by atoms with Gasteiger partial charge in [0.05, 0.1) is 6.04 Å². The van der Waals surface area contributed by atoms with Crippen LogP contribution < -0.4 is 15.4 Å². The molecule has 0 aromatic heterocycles. The van der Waals surface area contributed by atoms with Gasteiger partial charge in [-0.1, -0.05) is 12.1 Å². The number of amides is 1.